The number of aromatic nitrogens is 1. The highest BCUT2D eigenvalue weighted by atomic mass is 35.5. The van der Waals surface area contributed by atoms with Crippen LogP contribution in [0.3, 0.4) is 0 Å². The van der Waals surface area contributed by atoms with Crippen molar-refractivity contribution in [1.82, 2.24) is 4.57 Å². The molecule has 2 rings (SSSR count). The van der Waals surface area contributed by atoms with E-state index in [1.165, 1.54) is 0 Å². The van der Waals surface area contributed by atoms with Crippen LogP contribution in [0.15, 0.2) is 36.5 Å². The van der Waals surface area contributed by atoms with Crippen LogP contribution in [0.5, 0.6) is 0 Å². The molecular formula is C12H12ClN3O. The number of carbonyl (C=O) groups excluding carboxylic acids is 1. The molecule has 17 heavy (non-hydrogen) atoms. The van der Waals surface area contributed by atoms with Gasteiger partial charge in [0.2, 0.25) is 0 Å². The maximum absolute atomic E-state index is 12.0. The summed E-state index contributed by atoms with van der Waals surface area (Å²) in [5.41, 5.74) is 7.35. The summed E-state index contributed by atoms with van der Waals surface area (Å²) >= 11 is 5.82. The van der Waals surface area contributed by atoms with E-state index in [0.29, 0.717) is 22.1 Å². The van der Waals surface area contributed by atoms with Crippen molar-refractivity contribution in [1.29, 1.82) is 0 Å². The van der Waals surface area contributed by atoms with E-state index in [1.807, 2.05) is 12.1 Å². The Hall–Kier alpha value is -1.94. The lowest BCUT2D eigenvalue weighted by Crippen LogP contribution is -2.16. The van der Waals surface area contributed by atoms with Crippen LogP contribution in [0.1, 0.15) is 10.5 Å². The zero-order valence-corrected chi connectivity index (χ0v) is 10.0. The fraction of sp³-hybridized carbons (Fsp3) is 0.0833. The highest BCUT2D eigenvalue weighted by Gasteiger charge is 2.12. The van der Waals surface area contributed by atoms with Crippen molar-refractivity contribution in [2.45, 2.75) is 0 Å². The Morgan fingerprint density at radius 2 is 2.12 bits per heavy atom. The molecule has 0 aliphatic carbocycles. The van der Waals surface area contributed by atoms with Gasteiger partial charge in [-0.15, -0.1) is 0 Å². The highest BCUT2D eigenvalue weighted by Crippen LogP contribution is 2.19. The van der Waals surface area contributed by atoms with Gasteiger partial charge in [-0.05, 0) is 18.2 Å². The summed E-state index contributed by atoms with van der Waals surface area (Å²) in [6.45, 7) is 0. The monoisotopic (exact) mass is 249 g/mol. The van der Waals surface area contributed by atoms with E-state index < -0.39 is 0 Å². The van der Waals surface area contributed by atoms with Crippen molar-refractivity contribution in [2.75, 3.05) is 11.1 Å². The number of hydrogen-bond donors (Lipinski definition) is 2. The summed E-state index contributed by atoms with van der Waals surface area (Å²) in [7, 11) is 1.76. The number of carbonyl (C=O) groups is 1. The van der Waals surface area contributed by atoms with Gasteiger partial charge in [0, 0.05) is 13.2 Å². The lowest BCUT2D eigenvalue weighted by molar-refractivity contribution is 0.101. The van der Waals surface area contributed by atoms with E-state index in [-0.39, 0.29) is 5.91 Å². The number of nitrogens with zero attached hydrogens (tertiary/aromatic N) is 1. The van der Waals surface area contributed by atoms with Gasteiger partial charge < -0.3 is 15.6 Å². The Bertz CT molecular complexity index is 563. The minimum absolute atomic E-state index is 0.239. The Morgan fingerprint density at radius 3 is 2.71 bits per heavy atom. The van der Waals surface area contributed by atoms with Gasteiger partial charge in [-0.1, -0.05) is 23.7 Å². The Kier molecular flexibility index (Phi) is 3.06. The van der Waals surface area contributed by atoms with Gasteiger partial charge in [0.1, 0.15) is 5.69 Å². The number of nitrogens with two attached hydrogens (primary N) is 1. The third kappa shape index (κ3) is 2.42. The summed E-state index contributed by atoms with van der Waals surface area (Å²) < 4.78 is 1.66. The first-order valence-corrected chi connectivity index (χ1v) is 5.43. The number of aryl methyl sites for hydroxylation is 1. The van der Waals surface area contributed by atoms with Crippen LogP contribution in [0.2, 0.25) is 5.02 Å². The molecule has 3 N–H and O–H groups in total. The first-order chi connectivity index (χ1) is 8.08. The number of nitrogens with one attached hydrogen (secondary N) is 1. The van der Waals surface area contributed by atoms with Crippen LogP contribution in [-0.4, -0.2) is 10.5 Å². The summed E-state index contributed by atoms with van der Waals surface area (Å²) in [5, 5.41) is 3.26. The molecule has 0 aliphatic heterocycles. The SMILES string of the molecule is Cn1cc(Cl)cc1C(=O)Nc1ccccc1N. The first-order valence-electron chi connectivity index (χ1n) is 5.05. The van der Waals surface area contributed by atoms with Gasteiger partial charge >= 0.3 is 0 Å². The summed E-state index contributed by atoms with van der Waals surface area (Å²) in [5.74, 6) is -0.239. The number of halogens is 1. The zero-order chi connectivity index (χ0) is 12.4. The van der Waals surface area contributed by atoms with Crippen molar-refractivity contribution >= 4 is 28.9 Å². The summed E-state index contributed by atoms with van der Waals surface area (Å²) in [6.07, 6.45) is 1.67. The molecule has 2 aromatic rings. The largest absolute Gasteiger partial charge is 0.397 e. The highest BCUT2D eigenvalue weighted by molar-refractivity contribution is 6.31. The molecule has 0 unspecified atom stereocenters. The van der Waals surface area contributed by atoms with Crippen LogP contribution in [0, 0.1) is 0 Å². The minimum Gasteiger partial charge on any atom is -0.397 e. The third-order valence-corrected chi connectivity index (χ3v) is 2.62. The van der Waals surface area contributed by atoms with Crippen LogP contribution in [0.4, 0.5) is 11.4 Å². The fourth-order valence-corrected chi connectivity index (χ4v) is 1.80. The molecule has 1 aromatic heterocycles. The average Bonchev–Trinajstić information content (AvgIpc) is 2.61. The molecule has 5 heteroatoms. The number of benzene rings is 1. The predicted octanol–water partition coefficient (Wildman–Crippen LogP) is 2.51. The minimum atomic E-state index is -0.239. The second kappa shape index (κ2) is 4.51. The summed E-state index contributed by atoms with van der Waals surface area (Å²) in [6, 6.07) is 8.70. The molecule has 1 heterocycles. The lowest BCUT2D eigenvalue weighted by atomic mass is 10.2. The molecule has 0 fully saturated rings. The Labute approximate surface area is 104 Å². The lowest BCUT2D eigenvalue weighted by Gasteiger charge is -2.08. The average molecular weight is 250 g/mol. The molecule has 1 amide bonds. The van der Waals surface area contributed by atoms with Gasteiger partial charge in [-0.3, -0.25) is 4.79 Å². The maximum atomic E-state index is 12.0. The van der Waals surface area contributed by atoms with Crippen molar-refractivity contribution in [3.05, 3.63) is 47.2 Å². The van der Waals surface area contributed by atoms with Crippen molar-refractivity contribution in [3.8, 4) is 0 Å². The molecule has 0 radical (unpaired) electrons. The van der Waals surface area contributed by atoms with Gasteiger partial charge in [0.05, 0.1) is 16.4 Å². The molecule has 88 valence electrons. The Morgan fingerprint density at radius 1 is 1.41 bits per heavy atom. The fourth-order valence-electron chi connectivity index (χ4n) is 1.55. The van der Waals surface area contributed by atoms with Crippen molar-refractivity contribution in [2.24, 2.45) is 7.05 Å². The van der Waals surface area contributed by atoms with Crippen LogP contribution < -0.4 is 11.1 Å². The molecular weight excluding hydrogens is 238 g/mol. The van der Waals surface area contributed by atoms with Crippen molar-refractivity contribution < 1.29 is 4.79 Å². The smallest absolute Gasteiger partial charge is 0.272 e. The molecule has 4 nitrogen and oxygen atoms in total. The number of hydrogen-bond acceptors (Lipinski definition) is 2. The molecule has 0 bridgehead atoms. The predicted molar refractivity (Wildman–Crippen MR) is 69.2 cm³/mol. The quantitative estimate of drug-likeness (QED) is 0.804. The molecule has 0 saturated heterocycles. The number of nitrogen functional groups attached to an aromatic ring is 1. The van der Waals surface area contributed by atoms with E-state index >= 15 is 0 Å². The number of amides is 1. The van der Waals surface area contributed by atoms with E-state index in [9.17, 15) is 4.79 Å². The maximum Gasteiger partial charge on any atom is 0.272 e. The van der Waals surface area contributed by atoms with E-state index in [2.05, 4.69) is 5.32 Å². The number of para-hydroxylation sites is 2. The van der Waals surface area contributed by atoms with E-state index in [1.54, 1.807) is 36.0 Å². The van der Waals surface area contributed by atoms with E-state index in [0.717, 1.165) is 0 Å². The van der Waals surface area contributed by atoms with Crippen LogP contribution in [-0.2, 0) is 7.05 Å². The van der Waals surface area contributed by atoms with Gasteiger partial charge in [-0.2, -0.15) is 0 Å². The molecule has 0 aliphatic rings. The summed E-state index contributed by atoms with van der Waals surface area (Å²) in [4.78, 5) is 12.0. The van der Waals surface area contributed by atoms with Crippen molar-refractivity contribution in [3.63, 3.8) is 0 Å². The third-order valence-electron chi connectivity index (χ3n) is 2.41. The normalized spacial score (nSPS) is 10.2. The molecule has 1 aromatic carbocycles. The van der Waals surface area contributed by atoms with Crippen LogP contribution >= 0.6 is 11.6 Å². The first kappa shape index (κ1) is 11.5. The zero-order valence-electron chi connectivity index (χ0n) is 9.27. The molecule has 0 atom stereocenters. The van der Waals surface area contributed by atoms with Gasteiger partial charge in [0.15, 0.2) is 0 Å². The Balaban J connectivity index is 2.23. The molecule has 0 spiro atoms. The van der Waals surface area contributed by atoms with Crippen LogP contribution in [0.25, 0.3) is 0 Å². The standard InChI is InChI=1S/C12H12ClN3O/c1-16-7-8(13)6-11(16)12(17)15-10-5-3-2-4-9(10)14/h2-7H,14H2,1H3,(H,15,17). The van der Waals surface area contributed by atoms with Gasteiger partial charge in [0.25, 0.3) is 5.91 Å². The van der Waals surface area contributed by atoms with Gasteiger partial charge in [-0.25, -0.2) is 0 Å². The van der Waals surface area contributed by atoms with E-state index in [4.69, 9.17) is 17.3 Å². The number of anilines is 2. The molecule has 0 saturated carbocycles. The second-order valence-corrected chi connectivity index (χ2v) is 4.13. The second-order valence-electron chi connectivity index (χ2n) is 3.70. The topological polar surface area (TPSA) is 60.0 Å². The number of rotatable bonds is 2.